The van der Waals surface area contributed by atoms with Gasteiger partial charge in [0, 0.05) is 18.2 Å². The molecule has 1 aromatic heterocycles. The number of halogens is 5. The molecule has 44 heavy (non-hydrogen) atoms. The maximum Gasteiger partial charge on any atom is 0.312 e. The summed E-state index contributed by atoms with van der Waals surface area (Å²) in [6.45, 7) is 5.81. The molecule has 1 fully saturated rings. The Bertz CT molecular complexity index is 1410. The van der Waals surface area contributed by atoms with Crippen LogP contribution in [-0.4, -0.2) is 69.2 Å². The molecule has 3 rings (SSSR count). The van der Waals surface area contributed by atoms with Gasteiger partial charge in [-0.2, -0.15) is 0 Å². The van der Waals surface area contributed by atoms with Gasteiger partial charge in [-0.25, -0.2) is 26.9 Å². The quantitative estimate of drug-likeness (QED) is 0.139. The van der Waals surface area contributed by atoms with E-state index in [2.05, 4.69) is 20.9 Å². The molecular formula is C28H31F5N4O7. The molecular weight excluding hydrogens is 599 g/mol. The monoisotopic (exact) mass is 630 g/mol. The highest BCUT2D eigenvalue weighted by Crippen LogP contribution is 2.26. The fraction of sp³-hybridized carbons (Fsp3) is 0.464. The minimum atomic E-state index is -2.43. The lowest BCUT2D eigenvalue weighted by atomic mass is 9.91. The summed E-state index contributed by atoms with van der Waals surface area (Å²) in [4.78, 5) is 56.3. The number of cyclic esters (lactones) is 1. The first-order valence-electron chi connectivity index (χ1n) is 13.5. The summed E-state index contributed by atoms with van der Waals surface area (Å²) in [6.07, 6.45) is -3.54. The Morgan fingerprint density at radius 1 is 1.00 bits per heavy atom. The maximum absolute atomic E-state index is 14.6. The van der Waals surface area contributed by atoms with E-state index >= 15 is 0 Å². The van der Waals surface area contributed by atoms with Crippen molar-refractivity contribution in [2.45, 2.75) is 70.9 Å². The molecule has 0 radical (unpaired) electrons. The number of aromatic hydroxyl groups is 1. The second-order valence-corrected chi connectivity index (χ2v) is 10.8. The van der Waals surface area contributed by atoms with E-state index in [9.17, 15) is 51.3 Å². The van der Waals surface area contributed by atoms with Crippen molar-refractivity contribution in [1.29, 1.82) is 0 Å². The van der Waals surface area contributed by atoms with E-state index in [-0.39, 0.29) is 12.3 Å². The number of aliphatic hydroxyl groups excluding tert-OH is 1. The van der Waals surface area contributed by atoms with E-state index in [1.807, 2.05) is 0 Å². The summed E-state index contributed by atoms with van der Waals surface area (Å²) >= 11 is 0. The van der Waals surface area contributed by atoms with Crippen molar-refractivity contribution in [3.63, 3.8) is 0 Å². The van der Waals surface area contributed by atoms with Crippen LogP contribution in [0.1, 0.15) is 50.2 Å². The Labute approximate surface area is 248 Å². The smallest absolute Gasteiger partial charge is 0.312 e. The van der Waals surface area contributed by atoms with Crippen LogP contribution in [0.3, 0.4) is 0 Å². The van der Waals surface area contributed by atoms with Crippen LogP contribution in [0.25, 0.3) is 0 Å². The lowest BCUT2D eigenvalue weighted by Crippen LogP contribution is -2.62. The fourth-order valence-corrected chi connectivity index (χ4v) is 4.55. The minimum absolute atomic E-state index is 0.00781. The molecule has 0 saturated carbocycles. The SMILES string of the molecule is CC(C)CC1OC(=O)C(C)C(O)C(Cc2c(F)c(F)c(F)c(F)c2F)NC(=O)C(NC(=O)c2ncccc2O)C(C)NC1=O. The maximum atomic E-state index is 14.6. The Morgan fingerprint density at radius 2 is 1.59 bits per heavy atom. The number of nitrogens with one attached hydrogen (secondary N) is 3. The second kappa shape index (κ2) is 14.0. The van der Waals surface area contributed by atoms with E-state index in [1.54, 1.807) is 13.8 Å². The van der Waals surface area contributed by atoms with E-state index < -0.39 is 112 Å². The van der Waals surface area contributed by atoms with Crippen molar-refractivity contribution >= 4 is 23.7 Å². The van der Waals surface area contributed by atoms with Crippen molar-refractivity contribution in [2.75, 3.05) is 0 Å². The van der Waals surface area contributed by atoms with Crippen LogP contribution in [0.15, 0.2) is 18.3 Å². The van der Waals surface area contributed by atoms with Crippen LogP contribution < -0.4 is 16.0 Å². The summed E-state index contributed by atoms with van der Waals surface area (Å²) in [5, 5.41) is 28.0. The zero-order valence-electron chi connectivity index (χ0n) is 24.0. The molecule has 240 valence electrons. The lowest BCUT2D eigenvalue weighted by molar-refractivity contribution is -0.165. The molecule has 6 atom stereocenters. The fourth-order valence-electron chi connectivity index (χ4n) is 4.55. The van der Waals surface area contributed by atoms with Gasteiger partial charge in [0.2, 0.25) is 11.7 Å². The van der Waals surface area contributed by atoms with Crippen LogP contribution in [0, 0.1) is 40.9 Å². The number of hydrogen-bond donors (Lipinski definition) is 5. The summed E-state index contributed by atoms with van der Waals surface area (Å²) < 4.78 is 76.2. The van der Waals surface area contributed by atoms with Gasteiger partial charge < -0.3 is 30.9 Å². The van der Waals surface area contributed by atoms with Crippen LogP contribution in [0.4, 0.5) is 22.0 Å². The Balaban J connectivity index is 2.10. The molecule has 2 aromatic rings. The Kier molecular flexibility index (Phi) is 10.8. The largest absolute Gasteiger partial charge is 0.505 e. The number of rotatable bonds is 6. The summed E-state index contributed by atoms with van der Waals surface area (Å²) in [6, 6.07) is -2.47. The second-order valence-electron chi connectivity index (χ2n) is 10.8. The third-order valence-corrected chi connectivity index (χ3v) is 7.03. The standard InChI is InChI=1S/C28H31F5N4O7/c1-10(2)8-16-25(40)35-12(4)22(37-27(42)23-15(38)6-5-7-34-23)26(41)36-14(24(39)11(3)28(43)44-16)9-13-17(29)19(31)21(33)20(32)18(13)30/h5-7,10-12,14,16,22,24,38-39H,8-9H2,1-4H3,(H,35,40)(H,36,41)(H,37,42). The molecule has 5 N–H and O–H groups in total. The number of benzene rings is 1. The van der Waals surface area contributed by atoms with Crippen LogP contribution in [-0.2, 0) is 25.5 Å². The normalized spacial score (nSPS) is 24.9. The van der Waals surface area contributed by atoms with E-state index in [4.69, 9.17) is 4.74 Å². The predicted molar refractivity (Wildman–Crippen MR) is 141 cm³/mol. The first-order chi connectivity index (χ1) is 20.5. The molecule has 6 unspecified atom stereocenters. The Morgan fingerprint density at radius 3 is 2.16 bits per heavy atom. The molecule has 2 heterocycles. The number of aliphatic hydroxyl groups is 1. The number of esters is 1. The van der Waals surface area contributed by atoms with Gasteiger partial charge in [0.25, 0.3) is 11.8 Å². The van der Waals surface area contributed by atoms with Gasteiger partial charge in [0.1, 0.15) is 11.8 Å². The number of carbonyl (C=O) groups excluding carboxylic acids is 4. The third-order valence-electron chi connectivity index (χ3n) is 7.03. The number of pyridine rings is 1. The zero-order chi connectivity index (χ0) is 33.0. The average molecular weight is 631 g/mol. The van der Waals surface area contributed by atoms with Crippen LogP contribution in [0.5, 0.6) is 5.75 Å². The first kappa shape index (κ1) is 34.2. The predicted octanol–water partition coefficient (Wildman–Crippen LogP) is 1.78. The molecule has 0 bridgehead atoms. The van der Waals surface area contributed by atoms with Crippen molar-refractivity contribution < 1.29 is 56.1 Å². The van der Waals surface area contributed by atoms with Crippen LogP contribution >= 0.6 is 0 Å². The number of carbonyl (C=O) groups is 4. The zero-order valence-corrected chi connectivity index (χ0v) is 24.0. The van der Waals surface area contributed by atoms with Crippen molar-refractivity contribution in [3.05, 3.63) is 58.7 Å². The van der Waals surface area contributed by atoms with Gasteiger partial charge in [0.05, 0.1) is 24.1 Å². The summed E-state index contributed by atoms with van der Waals surface area (Å²) in [7, 11) is 0. The van der Waals surface area contributed by atoms with Gasteiger partial charge in [-0.1, -0.05) is 13.8 Å². The number of ether oxygens (including phenoxy) is 1. The number of hydrogen-bond acceptors (Lipinski definition) is 8. The minimum Gasteiger partial charge on any atom is -0.505 e. The summed E-state index contributed by atoms with van der Waals surface area (Å²) in [5.41, 5.74) is -1.90. The number of aromatic nitrogens is 1. The van der Waals surface area contributed by atoms with Gasteiger partial charge >= 0.3 is 5.97 Å². The van der Waals surface area contributed by atoms with E-state index in [0.717, 1.165) is 13.0 Å². The molecule has 3 amide bonds. The highest BCUT2D eigenvalue weighted by Gasteiger charge is 2.40. The van der Waals surface area contributed by atoms with Gasteiger partial charge in [0.15, 0.2) is 35.1 Å². The van der Waals surface area contributed by atoms with Crippen molar-refractivity contribution in [3.8, 4) is 5.75 Å². The molecule has 0 spiro atoms. The number of amides is 3. The lowest BCUT2D eigenvalue weighted by Gasteiger charge is -2.34. The molecule has 1 saturated heterocycles. The molecule has 1 aliphatic rings. The highest BCUT2D eigenvalue weighted by molar-refractivity contribution is 5.98. The Hall–Kier alpha value is -4.34. The van der Waals surface area contributed by atoms with Crippen molar-refractivity contribution in [1.82, 2.24) is 20.9 Å². The van der Waals surface area contributed by atoms with Crippen LogP contribution in [0.2, 0.25) is 0 Å². The first-order valence-corrected chi connectivity index (χ1v) is 13.5. The molecule has 16 heteroatoms. The van der Waals surface area contributed by atoms with Crippen molar-refractivity contribution in [2.24, 2.45) is 11.8 Å². The van der Waals surface area contributed by atoms with Gasteiger partial charge in [-0.05, 0) is 38.3 Å². The molecule has 1 aliphatic heterocycles. The molecule has 0 aliphatic carbocycles. The topological polar surface area (TPSA) is 167 Å². The summed E-state index contributed by atoms with van der Waals surface area (Å²) in [5.74, 6) is -18.1. The molecule has 1 aromatic carbocycles. The average Bonchev–Trinajstić information content (AvgIpc) is 2.97. The van der Waals surface area contributed by atoms with E-state index in [1.165, 1.54) is 19.2 Å². The number of nitrogens with zero attached hydrogens (tertiary/aromatic N) is 1. The van der Waals surface area contributed by atoms with Gasteiger partial charge in [-0.15, -0.1) is 0 Å². The highest BCUT2D eigenvalue weighted by atomic mass is 19.2. The van der Waals surface area contributed by atoms with E-state index in [0.29, 0.717) is 0 Å². The third kappa shape index (κ3) is 7.41. The molecule has 11 nitrogen and oxygen atoms in total. The van der Waals surface area contributed by atoms with Gasteiger partial charge in [-0.3, -0.25) is 19.2 Å².